The molecular weight excluding hydrogens is 370 g/mol. The van der Waals surface area contributed by atoms with E-state index in [4.69, 9.17) is 0 Å². The Morgan fingerprint density at radius 2 is 1.71 bits per heavy atom. The van der Waals surface area contributed by atoms with Crippen LogP contribution in [0, 0.1) is 6.92 Å². The first-order valence-electron chi connectivity index (χ1n) is 9.17. The van der Waals surface area contributed by atoms with E-state index in [1.807, 2.05) is 62.4 Å². The monoisotopic (exact) mass is 395 g/mol. The van der Waals surface area contributed by atoms with Crippen molar-refractivity contribution in [2.75, 3.05) is 5.32 Å². The Bertz CT molecular complexity index is 942. The highest BCUT2D eigenvalue weighted by atomic mass is 32.2. The molecule has 7 heteroatoms. The highest BCUT2D eigenvalue weighted by Gasteiger charge is 2.20. The maximum Gasteiger partial charge on any atom is 0.237 e. The van der Waals surface area contributed by atoms with E-state index in [2.05, 4.69) is 41.6 Å². The molecule has 0 saturated heterocycles. The lowest BCUT2D eigenvalue weighted by Crippen LogP contribution is -2.23. The van der Waals surface area contributed by atoms with Gasteiger partial charge >= 0.3 is 0 Å². The van der Waals surface area contributed by atoms with Crippen LogP contribution in [-0.2, 0) is 10.2 Å². The summed E-state index contributed by atoms with van der Waals surface area (Å²) in [7, 11) is 0. The fourth-order valence-corrected chi connectivity index (χ4v) is 3.42. The fraction of sp³-hybridized carbons (Fsp3) is 0.333. The number of aryl methyl sites for hydroxylation is 1. The van der Waals surface area contributed by atoms with Gasteiger partial charge in [-0.1, -0.05) is 62.4 Å². The molecule has 0 bridgehead atoms. The second-order valence-electron chi connectivity index (χ2n) is 7.79. The molecule has 1 unspecified atom stereocenters. The van der Waals surface area contributed by atoms with Gasteiger partial charge in [0.25, 0.3) is 0 Å². The van der Waals surface area contributed by atoms with E-state index >= 15 is 0 Å². The van der Waals surface area contributed by atoms with Crippen molar-refractivity contribution in [3.63, 3.8) is 0 Å². The summed E-state index contributed by atoms with van der Waals surface area (Å²) in [6.07, 6.45) is 0. The quantitative estimate of drug-likeness (QED) is 0.649. The second kappa shape index (κ2) is 8.14. The van der Waals surface area contributed by atoms with Gasteiger partial charge in [-0.3, -0.25) is 4.79 Å². The Morgan fingerprint density at radius 3 is 2.32 bits per heavy atom. The number of nitrogens with zero attached hydrogens (tertiary/aromatic N) is 4. The van der Waals surface area contributed by atoms with Gasteiger partial charge in [-0.2, -0.15) is 4.68 Å². The number of hydrogen-bond donors (Lipinski definition) is 1. The SMILES string of the molecule is Cc1ccc(-n2nnnc2SC(C)C(=O)Nc2ccc(C(C)(C)C)cc2)cc1. The lowest BCUT2D eigenvalue weighted by atomic mass is 9.87. The minimum absolute atomic E-state index is 0.0821. The number of hydrogen-bond acceptors (Lipinski definition) is 5. The van der Waals surface area contributed by atoms with Crippen molar-refractivity contribution in [2.45, 2.75) is 50.4 Å². The van der Waals surface area contributed by atoms with Gasteiger partial charge in [-0.15, -0.1) is 5.10 Å². The minimum atomic E-state index is -0.350. The van der Waals surface area contributed by atoms with Crippen LogP contribution in [0.2, 0.25) is 0 Å². The summed E-state index contributed by atoms with van der Waals surface area (Å²) < 4.78 is 1.64. The van der Waals surface area contributed by atoms with Crippen molar-refractivity contribution < 1.29 is 4.79 Å². The highest BCUT2D eigenvalue weighted by molar-refractivity contribution is 8.00. The van der Waals surface area contributed by atoms with E-state index < -0.39 is 0 Å². The highest BCUT2D eigenvalue weighted by Crippen LogP contribution is 2.26. The Labute approximate surface area is 169 Å². The van der Waals surface area contributed by atoms with Gasteiger partial charge in [-0.25, -0.2) is 0 Å². The summed E-state index contributed by atoms with van der Waals surface area (Å²) in [6, 6.07) is 15.9. The minimum Gasteiger partial charge on any atom is -0.325 e. The van der Waals surface area contributed by atoms with Gasteiger partial charge in [0.2, 0.25) is 11.1 Å². The van der Waals surface area contributed by atoms with Crippen LogP contribution in [0.5, 0.6) is 0 Å². The number of benzene rings is 2. The van der Waals surface area contributed by atoms with Gasteiger partial charge in [0.05, 0.1) is 10.9 Å². The number of aromatic nitrogens is 4. The van der Waals surface area contributed by atoms with Gasteiger partial charge < -0.3 is 5.32 Å². The number of nitrogens with one attached hydrogen (secondary N) is 1. The molecule has 28 heavy (non-hydrogen) atoms. The third-order valence-corrected chi connectivity index (χ3v) is 5.42. The Hall–Kier alpha value is -2.67. The van der Waals surface area contributed by atoms with Crippen LogP contribution in [0.3, 0.4) is 0 Å². The lowest BCUT2D eigenvalue weighted by Gasteiger charge is -2.19. The van der Waals surface area contributed by atoms with Crippen molar-refractivity contribution in [1.82, 2.24) is 20.2 Å². The molecule has 0 saturated carbocycles. The first-order chi connectivity index (χ1) is 13.2. The molecule has 3 aromatic rings. The Kier molecular flexibility index (Phi) is 5.84. The molecule has 6 nitrogen and oxygen atoms in total. The number of thioether (sulfide) groups is 1. The topological polar surface area (TPSA) is 72.7 Å². The molecule has 0 aliphatic carbocycles. The molecular formula is C21H25N5OS. The van der Waals surface area contributed by atoms with E-state index in [1.165, 1.54) is 17.3 Å². The fourth-order valence-electron chi connectivity index (χ4n) is 2.61. The van der Waals surface area contributed by atoms with E-state index in [9.17, 15) is 4.79 Å². The van der Waals surface area contributed by atoms with Crippen LogP contribution in [0.25, 0.3) is 5.69 Å². The molecule has 146 valence electrons. The van der Waals surface area contributed by atoms with E-state index in [0.29, 0.717) is 5.16 Å². The van der Waals surface area contributed by atoms with Gasteiger partial charge in [0, 0.05) is 5.69 Å². The number of rotatable bonds is 5. The average molecular weight is 396 g/mol. The van der Waals surface area contributed by atoms with Gasteiger partial charge in [-0.05, 0) is 59.5 Å². The summed E-state index contributed by atoms with van der Waals surface area (Å²) in [5, 5.41) is 15.1. The number of amides is 1. The standard InChI is InChI=1S/C21H25N5OS/c1-14-6-12-18(13-7-14)26-20(23-24-25-26)28-15(2)19(27)22-17-10-8-16(9-11-17)21(3,4)5/h6-13,15H,1-5H3,(H,22,27). The van der Waals surface area contributed by atoms with Crippen LogP contribution >= 0.6 is 11.8 Å². The normalized spacial score (nSPS) is 12.6. The summed E-state index contributed by atoms with van der Waals surface area (Å²) in [4.78, 5) is 12.6. The number of carbonyl (C=O) groups excluding carboxylic acids is 1. The van der Waals surface area contributed by atoms with Gasteiger partial charge in [0.1, 0.15) is 0 Å². The molecule has 0 aliphatic heterocycles. The van der Waals surface area contributed by atoms with E-state index in [1.54, 1.807) is 4.68 Å². The van der Waals surface area contributed by atoms with Crippen LogP contribution < -0.4 is 5.32 Å². The summed E-state index contributed by atoms with van der Waals surface area (Å²) in [5.74, 6) is -0.0908. The smallest absolute Gasteiger partial charge is 0.237 e. The van der Waals surface area contributed by atoms with Gasteiger partial charge in [0.15, 0.2) is 0 Å². The van der Waals surface area contributed by atoms with Crippen molar-refractivity contribution in [3.05, 3.63) is 59.7 Å². The molecule has 1 N–H and O–H groups in total. The third-order valence-electron chi connectivity index (χ3n) is 4.39. The lowest BCUT2D eigenvalue weighted by molar-refractivity contribution is -0.115. The largest absolute Gasteiger partial charge is 0.325 e. The Morgan fingerprint density at radius 1 is 1.07 bits per heavy atom. The van der Waals surface area contributed by atoms with E-state index in [-0.39, 0.29) is 16.6 Å². The van der Waals surface area contributed by atoms with Crippen molar-refractivity contribution >= 4 is 23.4 Å². The maximum absolute atomic E-state index is 12.6. The summed E-state index contributed by atoms with van der Waals surface area (Å²) in [5.41, 5.74) is 4.12. The molecule has 3 rings (SSSR count). The van der Waals surface area contributed by atoms with Crippen LogP contribution in [-0.4, -0.2) is 31.4 Å². The maximum atomic E-state index is 12.6. The predicted octanol–water partition coefficient (Wildman–Crippen LogP) is 4.39. The van der Waals surface area contributed by atoms with Crippen LogP contribution in [0.4, 0.5) is 5.69 Å². The first kappa shape index (κ1) is 20.1. The van der Waals surface area contributed by atoms with Crippen molar-refractivity contribution in [2.24, 2.45) is 0 Å². The average Bonchev–Trinajstić information content (AvgIpc) is 3.10. The Balaban J connectivity index is 1.67. The van der Waals surface area contributed by atoms with Crippen LogP contribution in [0.1, 0.15) is 38.8 Å². The number of carbonyl (C=O) groups is 1. The molecule has 1 aromatic heterocycles. The first-order valence-corrected chi connectivity index (χ1v) is 10.1. The molecule has 2 aromatic carbocycles. The van der Waals surface area contributed by atoms with Crippen molar-refractivity contribution in [3.8, 4) is 5.69 Å². The molecule has 1 amide bonds. The molecule has 1 heterocycles. The number of tetrazole rings is 1. The third kappa shape index (κ3) is 4.78. The zero-order chi connectivity index (χ0) is 20.3. The molecule has 0 spiro atoms. The van der Waals surface area contributed by atoms with Crippen molar-refractivity contribution in [1.29, 1.82) is 0 Å². The van der Waals surface area contributed by atoms with Crippen LogP contribution in [0.15, 0.2) is 53.7 Å². The zero-order valence-corrected chi connectivity index (χ0v) is 17.6. The summed E-state index contributed by atoms with van der Waals surface area (Å²) in [6.45, 7) is 10.4. The number of anilines is 1. The summed E-state index contributed by atoms with van der Waals surface area (Å²) >= 11 is 1.33. The van der Waals surface area contributed by atoms with E-state index in [0.717, 1.165) is 16.9 Å². The second-order valence-corrected chi connectivity index (χ2v) is 9.09. The molecule has 1 atom stereocenters. The molecule has 0 radical (unpaired) electrons. The predicted molar refractivity (Wildman–Crippen MR) is 113 cm³/mol. The molecule has 0 fully saturated rings. The molecule has 0 aliphatic rings. The zero-order valence-electron chi connectivity index (χ0n) is 16.8.